The first-order valence-electron chi connectivity index (χ1n) is 7.47. The quantitative estimate of drug-likeness (QED) is 0.915. The van der Waals surface area contributed by atoms with Crippen LogP contribution in [0.5, 0.6) is 0 Å². The van der Waals surface area contributed by atoms with Gasteiger partial charge in [-0.25, -0.2) is 0 Å². The fraction of sp³-hybridized carbons (Fsp3) is 0.588. The third-order valence-corrected chi connectivity index (χ3v) is 4.61. The summed E-state index contributed by atoms with van der Waals surface area (Å²) in [6.45, 7) is 8.84. The highest BCUT2D eigenvalue weighted by atomic mass is 16.2. The van der Waals surface area contributed by atoms with E-state index in [2.05, 4.69) is 50.4 Å². The Bertz CT molecular complexity index is 458. The van der Waals surface area contributed by atoms with Crippen LogP contribution >= 0.6 is 0 Å². The number of hydrogen-bond acceptors (Lipinski definition) is 2. The Hall–Kier alpha value is -1.35. The largest absolute Gasteiger partial charge is 0.341 e. The van der Waals surface area contributed by atoms with E-state index in [4.69, 9.17) is 0 Å². The summed E-state index contributed by atoms with van der Waals surface area (Å²) in [6.07, 6.45) is 0.946. The maximum Gasteiger partial charge on any atom is 0.230 e. The molecule has 1 aliphatic heterocycles. The molecule has 1 aliphatic rings. The zero-order valence-corrected chi connectivity index (χ0v) is 13.1. The van der Waals surface area contributed by atoms with Crippen molar-refractivity contribution in [3.05, 3.63) is 35.4 Å². The van der Waals surface area contributed by atoms with Crippen LogP contribution in [0.3, 0.4) is 0 Å². The van der Waals surface area contributed by atoms with E-state index in [0.717, 1.165) is 19.5 Å². The minimum atomic E-state index is -0.223. The third-order valence-electron chi connectivity index (χ3n) is 4.61. The fourth-order valence-corrected chi connectivity index (χ4v) is 3.05. The van der Waals surface area contributed by atoms with E-state index in [1.807, 2.05) is 11.9 Å². The van der Waals surface area contributed by atoms with Gasteiger partial charge in [-0.3, -0.25) is 4.79 Å². The number of hydrogen-bond donors (Lipinski definition) is 1. The molecule has 1 heterocycles. The zero-order valence-electron chi connectivity index (χ0n) is 13.1. The SMILES string of the molecule is Cc1ccc(CN(C)C(=O)C2(C(C)C)CCNC2)cc1. The van der Waals surface area contributed by atoms with E-state index >= 15 is 0 Å². The second-order valence-electron chi connectivity index (χ2n) is 6.38. The summed E-state index contributed by atoms with van der Waals surface area (Å²) in [7, 11) is 1.92. The Kier molecular flexibility index (Phi) is 4.48. The highest BCUT2D eigenvalue weighted by Crippen LogP contribution is 2.36. The Balaban J connectivity index is 2.09. The molecule has 1 aromatic carbocycles. The van der Waals surface area contributed by atoms with Crippen LogP contribution in [0.2, 0.25) is 0 Å². The van der Waals surface area contributed by atoms with Crippen molar-refractivity contribution in [1.82, 2.24) is 10.2 Å². The Morgan fingerprint density at radius 1 is 1.35 bits per heavy atom. The first kappa shape index (κ1) is 15.0. The van der Waals surface area contributed by atoms with Gasteiger partial charge in [0.15, 0.2) is 0 Å². The van der Waals surface area contributed by atoms with Gasteiger partial charge in [0.2, 0.25) is 5.91 Å². The van der Waals surface area contributed by atoms with Crippen molar-refractivity contribution < 1.29 is 4.79 Å². The predicted octanol–water partition coefficient (Wildman–Crippen LogP) is 2.59. The number of aryl methyl sites for hydroxylation is 1. The maximum atomic E-state index is 12.9. The number of amides is 1. The molecule has 1 unspecified atom stereocenters. The lowest BCUT2D eigenvalue weighted by Gasteiger charge is -2.35. The molecule has 3 nitrogen and oxygen atoms in total. The number of nitrogens with zero attached hydrogens (tertiary/aromatic N) is 1. The third kappa shape index (κ3) is 2.88. The van der Waals surface area contributed by atoms with E-state index in [-0.39, 0.29) is 11.3 Å². The van der Waals surface area contributed by atoms with Crippen LogP contribution in [-0.2, 0) is 11.3 Å². The van der Waals surface area contributed by atoms with Crippen molar-refractivity contribution in [2.75, 3.05) is 20.1 Å². The van der Waals surface area contributed by atoms with E-state index in [0.29, 0.717) is 12.5 Å². The Morgan fingerprint density at radius 2 is 2.00 bits per heavy atom. The van der Waals surface area contributed by atoms with E-state index < -0.39 is 0 Å². The molecule has 0 aromatic heterocycles. The highest BCUT2D eigenvalue weighted by molar-refractivity contribution is 5.83. The number of benzene rings is 1. The summed E-state index contributed by atoms with van der Waals surface area (Å²) in [5.41, 5.74) is 2.22. The summed E-state index contributed by atoms with van der Waals surface area (Å²) in [6, 6.07) is 8.41. The van der Waals surface area contributed by atoms with Crippen molar-refractivity contribution in [3.63, 3.8) is 0 Å². The van der Waals surface area contributed by atoms with Crippen LogP contribution in [0.15, 0.2) is 24.3 Å². The smallest absolute Gasteiger partial charge is 0.230 e. The van der Waals surface area contributed by atoms with Crippen LogP contribution in [0.25, 0.3) is 0 Å². The second kappa shape index (κ2) is 5.96. The van der Waals surface area contributed by atoms with Gasteiger partial charge in [0.1, 0.15) is 0 Å². The first-order chi connectivity index (χ1) is 9.45. The van der Waals surface area contributed by atoms with Gasteiger partial charge in [-0.1, -0.05) is 43.7 Å². The lowest BCUT2D eigenvalue weighted by Crippen LogP contribution is -2.46. The molecule has 0 aliphatic carbocycles. The number of carbonyl (C=O) groups is 1. The number of rotatable bonds is 4. The first-order valence-corrected chi connectivity index (χ1v) is 7.47. The Labute approximate surface area is 122 Å². The van der Waals surface area contributed by atoms with Crippen molar-refractivity contribution in [1.29, 1.82) is 0 Å². The van der Waals surface area contributed by atoms with Gasteiger partial charge in [-0.05, 0) is 31.4 Å². The molecule has 20 heavy (non-hydrogen) atoms. The molecule has 1 N–H and O–H groups in total. The summed E-state index contributed by atoms with van der Waals surface area (Å²) in [4.78, 5) is 14.8. The summed E-state index contributed by atoms with van der Waals surface area (Å²) < 4.78 is 0. The highest BCUT2D eigenvalue weighted by Gasteiger charge is 2.45. The van der Waals surface area contributed by atoms with Crippen molar-refractivity contribution in [2.24, 2.45) is 11.3 Å². The molecular formula is C17H26N2O. The van der Waals surface area contributed by atoms with Crippen LogP contribution in [0.4, 0.5) is 0 Å². The standard InChI is InChI=1S/C17H26N2O/c1-13(2)17(9-10-18-12-17)16(20)19(4)11-15-7-5-14(3)6-8-15/h5-8,13,18H,9-12H2,1-4H3. The van der Waals surface area contributed by atoms with Crippen LogP contribution in [-0.4, -0.2) is 30.9 Å². The number of carbonyl (C=O) groups excluding carboxylic acids is 1. The molecule has 0 spiro atoms. The van der Waals surface area contributed by atoms with Crippen LogP contribution < -0.4 is 5.32 Å². The molecule has 1 aromatic rings. The average molecular weight is 274 g/mol. The molecule has 110 valence electrons. The van der Waals surface area contributed by atoms with Gasteiger partial charge in [0.05, 0.1) is 5.41 Å². The minimum Gasteiger partial charge on any atom is -0.341 e. The molecule has 1 fully saturated rings. The van der Waals surface area contributed by atoms with Crippen molar-refractivity contribution in [3.8, 4) is 0 Å². The molecule has 1 amide bonds. The fourth-order valence-electron chi connectivity index (χ4n) is 3.05. The zero-order chi connectivity index (χ0) is 14.8. The van der Waals surface area contributed by atoms with Crippen molar-refractivity contribution >= 4 is 5.91 Å². The topological polar surface area (TPSA) is 32.3 Å². The molecule has 0 bridgehead atoms. The Morgan fingerprint density at radius 3 is 2.50 bits per heavy atom. The summed E-state index contributed by atoms with van der Waals surface area (Å²) in [5.74, 6) is 0.642. The lowest BCUT2D eigenvalue weighted by atomic mass is 9.75. The number of nitrogens with one attached hydrogen (secondary N) is 1. The second-order valence-corrected chi connectivity index (χ2v) is 6.38. The molecule has 1 saturated heterocycles. The predicted molar refractivity (Wildman–Crippen MR) is 82.4 cm³/mol. The van der Waals surface area contributed by atoms with Crippen LogP contribution in [0, 0.1) is 18.3 Å². The van der Waals surface area contributed by atoms with E-state index in [1.54, 1.807) is 0 Å². The van der Waals surface area contributed by atoms with Gasteiger partial charge < -0.3 is 10.2 Å². The average Bonchev–Trinajstić information content (AvgIpc) is 2.91. The lowest BCUT2D eigenvalue weighted by molar-refractivity contribution is -0.142. The van der Waals surface area contributed by atoms with Gasteiger partial charge in [0.25, 0.3) is 0 Å². The van der Waals surface area contributed by atoms with E-state index in [9.17, 15) is 4.79 Å². The minimum absolute atomic E-state index is 0.223. The van der Waals surface area contributed by atoms with Crippen molar-refractivity contribution in [2.45, 2.75) is 33.7 Å². The summed E-state index contributed by atoms with van der Waals surface area (Å²) >= 11 is 0. The summed E-state index contributed by atoms with van der Waals surface area (Å²) in [5, 5.41) is 3.35. The molecular weight excluding hydrogens is 248 g/mol. The molecule has 3 heteroatoms. The van der Waals surface area contributed by atoms with Gasteiger partial charge >= 0.3 is 0 Å². The van der Waals surface area contributed by atoms with Crippen LogP contribution in [0.1, 0.15) is 31.4 Å². The molecule has 0 radical (unpaired) electrons. The maximum absolute atomic E-state index is 12.9. The molecule has 1 atom stereocenters. The van der Waals surface area contributed by atoms with Gasteiger partial charge in [0, 0.05) is 20.1 Å². The normalized spacial score (nSPS) is 22.2. The van der Waals surface area contributed by atoms with Gasteiger partial charge in [-0.2, -0.15) is 0 Å². The van der Waals surface area contributed by atoms with E-state index in [1.165, 1.54) is 11.1 Å². The monoisotopic (exact) mass is 274 g/mol. The van der Waals surface area contributed by atoms with Gasteiger partial charge in [-0.15, -0.1) is 0 Å². The molecule has 2 rings (SSSR count). The molecule has 0 saturated carbocycles.